The quantitative estimate of drug-likeness (QED) is 0.435. The van der Waals surface area contributed by atoms with Crippen LogP contribution < -0.4 is 17.0 Å². The summed E-state index contributed by atoms with van der Waals surface area (Å²) >= 11 is 0. The third-order valence-corrected chi connectivity index (χ3v) is 4.54. The highest BCUT2D eigenvalue weighted by Crippen LogP contribution is 2.25. The monoisotopic (exact) mass is 322 g/mol. The Kier molecular flexibility index (Phi) is 5.63. The maximum Gasteiger partial charge on any atom is 0.334 e. The summed E-state index contributed by atoms with van der Waals surface area (Å²) in [6.45, 7) is 2.30. The van der Waals surface area contributed by atoms with E-state index in [9.17, 15) is 14.7 Å². The second-order valence-electron chi connectivity index (χ2n) is 6.22. The summed E-state index contributed by atoms with van der Waals surface area (Å²) in [7, 11) is 0. The minimum atomic E-state index is -0.639. The topological polar surface area (TPSA) is 114 Å². The van der Waals surface area contributed by atoms with Crippen molar-refractivity contribution in [1.29, 1.82) is 5.41 Å². The normalized spacial score (nSPS) is 16.2. The molecule has 0 spiro atoms. The van der Waals surface area contributed by atoms with Crippen LogP contribution in [0.1, 0.15) is 69.9 Å². The average Bonchev–Trinajstić information content (AvgIpc) is 2.76. The SMILES string of the molecule is CCCCn1c(O)c(C(=N)N)c(=O)n(C2CCCCCC2)c1=O. The number of nitrogens with zero attached hydrogens (tertiary/aromatic N) is 2. The van der Waals surface area contributed by atoms with Crippen molar-refractivity contribution >= 4 is 5.84 Å². The largest absolute Gasteiger partial charge is 0.494 e. The molecule has 1 aliphatic rings. The van der Waals surface area contributed by atoms with Crippen LogP contribution >= 0.6 is 0 Å². The fraction of sp³-hybridized carbons (Fsp3) is 0.688. The number of amidine groups is 1. The van der Waals surface area contributed by atoms with Gasteiger partial charge in [0.25, 0.3) is 5.56 Å². The number of hydrogen-bond donors (Lipinski definition) is 3. The lowest BCUT2D eigenvalue weighted by Gasteiger charge is -2.21. The number of aromatic hydroxyl groups is 1. The third kappa shape index (κ3) is 3.48. The molecule has 0 bridgehead atoms. The first kappa shape index (κ1) is 17.3. The fourth-order valence-corrected chi connectivity index (χ4v) is 3.25. The highest BCUT2D eigenvalue weighted by Gasteiger charge is 2.25. The van der Waals surface area contributed by atoms with Crippen LogP contribution in [0.3, 0.4) is 0 Å². The molecule has 1 aliphatic carbocycles. The molecule has 0 aromatic carbocycles. The van der Waals surface area contributed by atoms with E-state index >= 15 is 0 Å². The van der Waals surface area contributed by atoms with Crippen LogP contribution in [-0.2, 0) is 6.54 Å². The maximum absolute atomic E-state index is 12.8. The van der Waals surface area contributed by atoms with Crippen molar-refractivity contribution in [2.24, 2.45) is 5.73 Å². The second-order valence-corrected chi connectivity index (χ2v) is 6.22. The second kappa shape index (κ2) is 7.48. The van der Waals surface area contributed by atoms with E-state index in [0.29, 0.717) is 13.0 Å². The van der Waals surface area contributed by atoms with Crippen molar-refractivity contribution in [3.05, 3.63) is 26.4 Å². The summed E-state index contributed by atoms with van der Waals surface area (Å²) in [6.07, 6.45) is 7.25. The summed E-state index contributed by atoms with van der Waals surface area (Å²) in [4.78, 5) is 25.4. The van der Waals surface area contributed by atoms with Gasteiger partial charge in [0.1, 0.15) is 11.4 Å². The summed E-state index contributed by atoms with van der Waals surface area (Å²) in [5, 5.41) is 17.9. The van der Waals surface area contributed by atoms with Crippen molar-refractivity contribution in [2.75, 3.05) is 0 Å². The highest BCUT2D eigenvalue weighted by atomic mass is 16.3. The zero-order chi connectivity index (χ0) is 17.0. The summed E-state index contributed by atoms with van der Waals surface area (Å²) < 4.78 is 2.41. The Hall–Kier alpha value is -2.05. The van der Waals surface area contributed by atoms with Crippen molar-refractivity contribution in [3.63, 3.8) is 0 Å². The van der Waals surface area contributed by atoms with Crippen molar-refractivity contribution in [1.82, 2.24) is 9.13 Å². The zero-order valence-corrected chi connectivity index (χ0v) is 13.7. The highest BCUT2D eigenvalue weighted by molar-refractivity contribution is 5.96. The number of nitrogen functional groups attached to an aromatic ring is 1. The van der Waals surface area contributed by atoms with Crippen molar-refractivity contribution in [2.45, 2.75) is 70.9 Å². The lowest BCUT2D eigenvalue weighted by molar-refractivity contribution is 0.353. The maximum atomic E-state index is 12.8. The lowest BCUT2D eigenvalue weighted by atomic mass is 10.1. The van der Waals surface area contributed by atoms with E-state index in [0.717, 1.165) is 44.9 Å². The molecule has 1 heterocycles. The molecule has 4 N–H and O–H groups in total. The van der Waals surface area contributed by atoms with Crippen LogP contribution in [0.4, 0.5) is 0 Å². The van der Waals surface area contributed by atoms with Crippen LogP contribution in [0.5, 0.6) is 5.88 Å². The van der Waals surface area contributed by atoms with E-state index in [1.165, 1.54) is 9.13 Å². The molecule has 1 aromatic heterocycles. The minimum absolute atomic E-state index is 0.177. The molecule has 0 aliphatic heterocycles. The molecule has 1 aromatic rings. The van der Waals surface area contributed by atoms with Gasteiger partial charge in [-0.05, 0) is 19.3 Å². The Labute approximate surface area is 135 Å². The standard InChI is InChI=1S/C16H26N4O3/c1-2-3-10-19-14(21)12(13(17)18)15(22)20(16(19)23)11-8-6-4-5-7-9-11/h11,21H,2-10H2,1H3,(H3,17,18). The number of rotatable bonds is 5. The number of hydrogen-bond acceptors (Lipinski definition) is 4. The van der Waals surface area contributed by atoms with Gasteiger partial charge in [0, 0.05) is 12.6 Å². The van der Waals surface area contributed by atoms with Crippen LogP contribution in [-0.4, -0.2) is 20.1 Å². The van der Waals surface area contributed by atoms with E-state index in [-0.39, 0.29) is 11.6 Å². The Bertz CT molecular complexity index is 682. The average molecular weight is 322 g/mol. The van der Waals surface area contributed by atoms with Gasteiger partial charge in [-0.15, -0.1) is 0 Å². The van der Waals surface area contributed by atoms with Gasteiger partial charge in [0.05, 0.1) is 0 Å². The molecule has 0 saturated heterocycles. The smallest absolute Gasteiger partial charge is 0.334 e. The van der Waals surface area contributed by atoms with Gasteiger partial charge in [0.15, 0.2) is 0 Å². The first-order valence-corrected chi connectivity index (χ1v) is 8.41. The molecule has 0 amide bonds. The Morgan fingerprint density at radius 1 is 1.26 bits per heavy atom. The van der Waals surface area contributed by atoms with Gasteiger partial charge in [-0.3, -0.25) is 19.3 Å². The van der Waals surface area contributed by atoms with E-state index in [1.54, 1.807) is 0 Å². The number of nitrogens with one attached hydrogen (secondary N) is 1. The Morgan fingerprint density at radius 3 is 2.39 bits per heavy atom. The van der Waals surface area contributed by atoms with Gasteiger partial charge < -0.3 is 10.8 Å². The predicted molar refractivity (Wildman–Crippen MR) is 89.3 cm³/mol. The molecule has 0 atom stereocenters. The van der Waals surface area contributed by atoms with Crippen LogP contribution in [0.25, 0.3) is 0 Å². The Balaban J connectivity index is 2.64. The van der Waals surface area contributed by atoms with E-state index < -0.39 is 23.0 Å². The summed E-state index contributed by atoms with van der Waals surface area (Å²) in [5.41, 5.74) is 4.10. The molecule has 0 radical (unpaired) electrons. The van der Waals surface area contributed by atoms with Crippen molar-refractivity contribution in [3.8, 4) is 5.88 Å². The molecule has 1 fully saturated rings. The van der Waals surface area contributed by atoms with Crippen LogP contribution in [0, 0.1) is 5.41 Å². The molecule has 23 heavy (non-hydrogen) atoms. The van der Waals surface area contributed by atoms with E-state index in [1.807, 2.05) is 6.92 Å². The van der Waals surface area contributed by atoms with Gasteiger partial charge in [-0.1, -0.05) is 39.0 Å². The number of unbranched alkanes of at least 4 members (excludes halogenated alkanes) is 1. The molecule has 0 unspecified atom stereocenters. The molecular weight excluding hydrogens is 296 g/mol. The number of aromatic nitrogens is 2. The van der Waals surface area contributed by atoms with Gasteiger partial charge >= 0.3 is 5.69 Å². The molecule has 1 saturated carbocycles. The molecule has 2 rings (SSSR count). The summed E-state index contributed by atoms with van der Waals surface area (Å²) in [6, 6.07) is -0.177. The molecule has 128 valence electrons. The Morgan fingerprint density at radius 2 is 1.87 bits per heavy atom. The van der Waals surface area contributed by atoms with Gasteiger partial charge in [-0.25, -0.2) is 4.79 Å². The third-order valence-electron chi connectivity index (χ3n) is 4.54. The number of nitrogens with two attached hydrogens (primary N) is 1. The van der Waals surface area contributed by atoms with Crippen LogP contribution in [0.2, 0.25) is 0 Å². The van der Waals surface area contributed by atoms with Crippen LogP contribution in [0.15, 0.2) is 9.59 Å². The van der Waals surface area contributed by atoms with Gasteiger partial charge in [-0.2, -0.15) is 0 Å². The van der Waals surface area contributed by atoms with Crippen molar-refractivity contribution < 1.29 is 5.11 Å². The predicted octanol–water partition coefficient (Wildman–Crippen LogP) is 1.70. The van der Waals surface area contributed by atoms with E-state index in [2.05, 4.69) is 0 Å². The lowest BCUT2D eigenvalue weighted by Crippen LogP contribution is -2.45. The molecule has 7 heteroatoms. The summed E-state index contributed by atoms with van der Waals surface area (Å²) in [5.74, 6) is -0.981. The fourth-order valence-electron chi connectivity index (χ4n) is 3.25. The zero-order valence-electron chi connectivity index (χ0n) is 13.7. The van der Waals surface area contributed by atoms with E-state index in [4.69, 9.17) is 11.1 Å². The first-order valence-electron chi connectivity index (χ1n) is 8.41. The minimum Gasteiger partial charge on any atom is -0.494 e. The first-order chi connectivity index (χ1) is 11.0. The van der Waals surface area contributed by atoms with Gasteiger partial charge in [0.2, 0.25) is 5.88 Å². The molecule has 7 nitrogen and oxygen atoms in total. The molecular formula is C16H26N4O3.